The number of nitro groups is 1. The summed E-state index contributed by atoms with van der Waals surface area (Å²) in [4.78, 5) is 28.8. The van der Waals surface area contributed by atoms with Crippen molar-refractivity contribution < 1.29 is 9.72 Å². The molecule has 0 unspecified atom stereocenters. The fourth-order valence-electron chi connectivity index (χ4n) is 1.63. The fourth-order valence-corrected chi connectivity index (χ4v) is 1.83. The van der Waals surface area contributed by atoms with Gasteiger partial charge in [0.2, 0.25) is 0 Å². The van der Waals surface area contributed by atoms with Gasteiger partial charge in [-0.15, -0.1) is 0 Å². The Balaban J connectivity index is 2.01. The topological polar surface area (TPSA) is 101 Å². The second-order valence-corrected chi connectivity index (χ2v) is 4.41. The van der Waals surface area contributed by atoms with Crippen LogP contribution in [0, 0.1) is 10.1 Å². The highest BCUT2D eigenvalue weighted by atomic mass is 35.5. The van der Waals surface area contributed by atoms with E-state index in [1.165, 1.54) is 12.1 Å². The van der Waals surface area contributed by atoms with Gasteiger partial charge in [-0.3, -0.25) is 14.9 Å². The Hall–Kier alpha value is -2.41. The monoisotopic (exact) mass is 294 g/mol. The van der Waals surface area contributed by atoms with Gasteiger partial charge < -0.3 is 10.3 Å². The van der Waals surface area contributed by atoms with Crippen molar-refractivity contribution >= 4 is 23.2 Å². The summed E-state index contributed by atoms with van der Waals surface area (Å²) >= 11 is 5.87. The number of nitro benzene ring substituents is 1. The smallest absolute Gasteiger partial charge is 0.270 e. The molecule has 1 aromatic heterocycles. The van der Waals surface area contributed by atoms with E-state index < -0.39 is 10.8 Å². The third kappa shape index (κ3) is 3.33. The van der Waals surface area contributed by atoms with Crippen molar-refractivity contribution in [2.75, 3.05) is 6.54 Å². The highest BCUT2D eigenvalue weighted by Gasteiger charge is 2.15. The van der Waals surface area contributed by atoms with Crippen LogP contribution in [0.5, 0.6) is 0 Å². The predicted octanol–water partition coefficient (Wildman–Crippen LogP) is 1.94. The molecule has 2 N–H and O–H groups in total. The van der Waals surface area contributed by atoms with Crippen LogP contribution in [0.2, 0.25) is 5.02 Å². The number of aromatic nitrogens is 2. The number of aromatic amines is 1. The van der Waals surface area contributed by atoms with Crippen LogP contribution in [0.3, 0.4) is 0 Å². The number of carbonyl (C=O) groups excluding carboxylic acids is 1. The Kier molecular flexibility index (Phi) is 4.31. The Morgan fingerprint density at radius 1 is 1.50 bits per heavy atom. The number of halogens is 1. The van der Waals surface area contributed by atoms with Crippen molar-refractivity contribution in [1.29, 1.82) is 0 Å². The predicted molar refractivity (Wildman–Crippen MR) is 72.7 cm³/mol. The number of nitrogens with one attached hydrogen (secondary N) is 2. The molecule has 0 fully saturated rings. The van der Waals surface area contributed by atoms with Gasteiger partial charge >= 0.3 is 0 Å². The molecule has 0 aliphatic carbocycles. The molecule has 1 amide bonds. The SMILES string of the molecule is O=C(NCCc1cnc[nH]1)c1cc([N+](=O)[O-])ccc1Cl. The lowest BCUT2D eigenvalue weighted by Crippen LogP contribution is -2.26. The number of nitrogens with zero attached hydrogens (tertiary/aromatic N) is 2. The van der Waals surface area contributed by atoms with Crippen LogP contribution in [0.4, 0.5) is 5.69 Å². The molecule has 0 radical (unpaired) electrons. The summed E-state index contributed by atoms with van der Waals surface area (Å²) in [6.07, 6.45) is 3.79. The summed E-state index contributed by atoms with van der Waals surface area (Å²) in [6.45, 7) is 0.375. The van der Waals surface area contributed by atoms with Crippen molar-refractivity contribution in [2.45, 2.75) is 6.42 Å². The van der Waals surface area contributed by atoms with E-state index in [9.17, 15) is 14.9 Å². The molecule has 20 heavy (non-hydrogen) atoms. The van der Waals surface area contributed by atoms with Crippen molar-refractivity contribution in [1.82, 2.24) is 15.3 Å². The van der Waals surface area contributed by atoms with E-state index in [0.29, 0.717) is 13.0 Å². The molecule has 0 saturated carbocycles. The molecule has 2 rings (SSSR count). The molecule has 2 aromatic rings. The lowest BCUT2D eigenvalue weighted by molar-refractivity contribution is -0.384. The van der Waals surface area contributed by atoms with Crippen LogP contribution in [0.1, 0.15) is 16.1 Å². The van der Waals surface area contributed by atoms with E-state index >= 15 is 0 Å². The molecule has 0 bridgehead atoms. The minimum absolute atomic E-state index is 0.0884. The number of hydrogen-bond acceptors (Lipinski definition) is 4. The van der Waals surface area contributed by atoms with Crippen LogP contribution in [-0.4, -0.2) is 27.3 Å². The molecule has 104 valence electrons. The summed E-state index contributed by atoms with van der Waals surface area (Å²) in [7, 11) is 0. The van der Waals surface area contributed by atoms with E-state index in [1.807, 2.05) is 0 Å². The van der Waals surface area contributed by atoms with Crippen LogP contribution >= 0.6 is 11.6 Å². The van der Waals surface area contributed by atoms with E-state index in [-0.39, 0.29) is 16.3 Å². The first kappa shape index (κ1) is 14.0. The van der Waals surface area contributed by atoms with Gasteiger partial charge in [-0.1, -0.05) is 11.6 Å². The second-order valence-electron chi connectivity index (χ2n) is 4.00. The van der Waals surface area contributed by atoms with Gasteiger partial charge in [0.25, 0.3) is 11.6 Å². The van der Waals surface area contributed by atoms with Crippen LogP contribution in [-0.2, 0) is 6.42 Å². The van der Waals surface area contributed by atoms with Crippen molar-refractivity contribution in [3.05, 3.63) is 57.1 Å². The number of benzene rings is 1. The summed E-state index contributed by atoms with van der Waals surface area (Å²) in [6, 6.07) is 3.75. The molecule has 7 nitrogen and oxygen atoms in total. The molecule has 0 atom stereocenters. The molecule has 0 aliphatic rings. The van der Waals surface area contributed by atoms with E-state index in [2.05, 4.69) is 15.3 Å². The zero-order chi connectivity index (χ0) is 14.5. The number of amides is 1. The number of carbonyl (C=O) groups is 1. The number of H-pyrrole nitrogens is 1. The van der Waals surface area contributed by atoms with E-state index in [1.54, 1.807) is 12.5 Å². The first-order valence-corrected chi connectivity index (χ1v) is 6.15. The Morgan fingerprint density at radius 3 is 2.95 bits per heavy atom. The highest BCUT2D eigenvalue weighted by molar-refractivity contribution is 6.33. The van der Waals surface area contributed by atoms with Gasteiger partial charge in [0.15, 0.2) is 0 Å². The summed E-state index contributed by atoms with van der Waals surface area (Å²) in [5.41, 5.74) is 0.800. The molecule has 0 spiro atoms. The van der Waals surface area contributed by atoms with Gasteiger partial charge in [0, 0.05) is 37.0 Å². The van der Waals surface area contributed by atoms with Gasteiger partial charge in [-0.05, 0) is 6.07 Å². The zero-order valence-corrected chi connectivity index (χ0v) is 11.1. The van der Waals surface area contributed by atoms with E-state index in [0.717, 1.165) is 11.8 Å². The Bertz CT molecular complexity index is 628. The molecular weight excluding hydrogens is 284 g/mol. The van der Waals surface area contributed by atoms with Crippen molar-refractivity contribution in [2.24, 2.45) is 0 Å². The first-order chi connectivity index (χ1) is 9.58. The number of non-ortho nitro benzene ring substituents is 1. The van der Waals surface area contributed by atoms with Gasteiger partial charge in [0.05, 0.1) is 21.8 Å². The normalized spacial score (nSPS) is 10.2. The molecule has 8 heteroatoms. The summed E-state index contributed by atoms with van der Waals surface area (Å²) in [5, 5.41) is 13.5. The highest BCUT2D eigenvalue weighted by Crippen LogP contribution is 2.21. The number of imidazole rings is 1. The standard InChI is InChI=1S/C12H11ClN4O3/c13-11-2-1-9(17(19)20)5-10(11)12(18)15-4-3-8-6-14-7-16-8/h1-2,5-7H,3-4H2,(H,14,16)(H,15,18). The third-order valence-electron chi connectivity index (χ3n) is 2.64. The van der Waals surface area contributed by atoms with Crippen LogP contribution in [0.25, 0.3) is 0 Å². The molecule has 0 aliphatic heterocycles. The van der Waals surface area contributed by atoms with Gasteiger partial charge in [-0.2, -0.15) is 0 Å². The summed E-state index contributed by atoms with van der Waals surface area (Å²) < 4.78 is 0. The molecule has 1 aromatic carbocycles. The second kappa shape index (κ2) is 6.16. The van der Waals surface area contributed by atoms with E-state index in [4.69, 9.17) is 11.6 Å². The molecular formula is C12H11ClN4O3. The fraction of sp³-hybridized carbons (Fsp3) is 0.167. The number of hydrogen-bond donors (Lipinski definition) is 2. The third-order valence-corrected chi connectivity index (χ3v) is 2.97. The average molecular weight is 295 g/mol. The zero-order valence-electron chi connectivity index (χ0n) is 10.3. The maximum Gasteiger partial charge on any atom is 0.270 e. The lowest BCUT2D eigenvalue weighted by atomic mass is 10.2. The Morgan fingerprint density at radius 2 is 2.30 bits per heavy atom. The van der Waals surface area contributed by atoms with Crippen LogP contribution < -0.4 is 5.32 Å². The minimum atomic E-state index is -0.572. The summed E-state index contributed by atoms with van der Waals surface area (Å²) in [5.74, 6) is -0.446. The van der Waals surface area contributed by atoms with Crippen LogP contribution in [0.15, 0.2) is 30.7 Å². The molecule has 0 saturated heterocycles. The number of rotatable bonds is 5. The van der Waals surface area contributed by atoms with Crippen molar-refractivity contribution in [3.8, 4) is 0 Å². The average Bonchev–Trinajstić information content (AvgIpc) is 2.92. The quantitative estimate of drug-likeness (QED) is 0.650. The maximum absolute atomic E-state index is 11.9. The first-order valence-electron chi connectivity index (χ1n) is 5.77. The van der Waals surface area contributed by atoms with Crippen molar-refractivity contribution in [3.63, 3.8) is 0 Å². The largest absolute Gasteiger partial charge is 0.352 e. The van der Waals surface area contributed by atoms with Gasteiger partial charge in [-0.25, -0.2) is 4.98 Å². The van der Waals surface area contributed by atoms with Gasteiger partial charge in [0.1, 0.15) is 0 Å². The molecule has 1 heterocycles. The lowest BCUT2D eigenvalue weighted by Gasteiger charge is -2.06. The Labute approximate surface area is 119 Å². The maximum atomic E-state index is 11.9. The minimum Gasteiger partial charge on any atom is -0.352 e.